The summed E-state index contributed by atoms with van der Waals surface area (Å²) in [6.45, 7) is 1.86. The van der Waals surface area contributed by atoms with Crippen LogP contribution >= 0.6 is 24.0 Å². The number of thioether (sulfide) groups is 1. The van der Waals surface area contributed by atoms with Crippen LogP contribution in [0.5, 0.6) is 5.75 Å². The Bertz CT molecular complexity index is 1350. The van der Waals surface area contributed by atoms with Crippen LogP contribution in [-0.2, 0) is 14.9 Å². The highest BCUT2D eigenvalue weighted by Gasteiger charge is 2.34. The first-order valence-corrected chi connectivity index (χ1v) is 12.0. The minimum Gasteiger partial charge on any atom is -0.379 e. The molecule has 32 heavy (non-hydrogen) atoms. The number of thiocarbonyl (C=S) groups is 1. The van der Waals surface area contributed by atoms with E-state index in [0.717, 1.165) is 22.2 Å². The Morgan fingerprint density at radius 2 is 1.75 bits per heavy atom. The number of rotatable bonds is 5. The van der Waals surface area contributed by atoms with Gasteiger partial charge in [0.25, 0.3) is 5.91 Å². The normalized spacial score (nSPS) is 15.4. The van der Waals surface area contributed by atoms with Crippen molar-refractivity contribution in [3.05, 3.63) is 94.6 Å². The van der Waals surface area contributed by atoms with Gasteiger partial charge in [-0.1, -0.05) is 65.9 Å². The first kappa shape index (κ1) is 22.2. The molecule has 0 atom stereocenters. The van der Waals surface area contributed by atoms with Crippen LogP contribution in [0.4, 0.5) is 10.1 Å². The van der Waals surface area contributed by atoms with Crippen LogP contribution in [0.3, 0.4) is 0 Å². The summed E-state index contributed by atoms with van der Waals surface area (Å²) in [6, 6.07) is 18.5. The van der Waals surface area contributed by atoms with Gasteiger partial charge in [0.15, 0.2) is 4.32 Å². The molecule has 5 nitrogen and oxygen atoms in total. The predicted molar refractivity (Wildman–Crippen MR) is 127 cm³/mol. The van der Waals surface area contributed by atoms with Crippen LogP contribution in [0, 0.1) is 12.7 Å². The minimum absolute atomic E-state index is 0.0410. The Hall–Kier alpha value is -3.01. The number of aryl methyl sites for hydroxylation is 1. The molecule has 0 aromatic heterocycles. The average Bonchev–Trinajstić information content (AvgIpc) is 3.01. The first-order chi connectivity index (χ1) is 15.2. The van der Waals surface area contributed by atoms with Crippen LogP contribution in [0.2, 0.25) is 0 Å². The van der Waals surface area contributed by atoms with Crippen LogP contribution in [0.25, 0.3) is 6.08 Å². The van der Waals surface area contributed by atoms with Crippen molar-refractivity contribution in [2.24, 2.45) is 0 Å². The van der Waals surface area contributed by atoms with Gasteiger partial charge < -0.3 is 4.18 Å². The van der Waals surface area contributed by atoms with E-state index in [1.54, 1.807) is 36.4 Å². The highest BCUT2D eigenvalue weighted by molar-refractivity contribution is 8.27. The smallest absolute Gasteiger partial charge is 0.339 e. The van der Waals surface area contributed by atoms with Gasteiger partial charge in [-0.3, -0.25) is 9.69 Å². The number of carbonyl (C=O) groups is 1. The van der Waals surface area contributed by atoms with Crippen molar-refractivity contribution in [2.45, 2.75) is 11.8 Å². The maximum absolute atomic E-state index is 14.2. The Labute approximate surface area is 194 Å². The van der Waals surface area contributed by atoms with Gasteiger partial charge in [0.05, 0.1) is 10.6 Å². The van der Waals surface area contributed by atoms with E-state index in [9.17, 15) is 17.6 Å². The molecule has 0 aliphatic carbocycles. The van der Waals surface area contributed by atoms with Gasteiger partial charge in [0, 0.05) is 0 Å². The predicted octanol–water partition coefficient (Wildman–Crippen LogP) is 5.31. The zero-order chi connectivity index (χ0) is 22.9. The van der Waals surface area contributed by atoms with Crippen molar-refractivity contribution in [3.63, 3.8) is 0 Å². The number of nitrogens with zero attached hydrogens (tertiary/aromatic N) is 1. The third kappa shape index (κ3) is 4.59. The molecule has 1 saturated heterocycles. The van der Waals surface area contributed by atoms with Gasteiger partial charge in [0.1, 0.15) is 16.5 Å². The van der Waals surface area contributed by atoms with Crippen molar-refractivity contribution in [1.82, 2.24) is 0 Å². The molecule has 4 rings (SSSR count). The molecular formula is C23H16FNO4S3. The van der Waals surface area contributed by atoms with E-state index in [1.165, 1.54) is 42.5 Å². The quantitative estimate of drug-likeness (QED) is 0.277. The summed E-state index contributed by atoms with van der Waals surface area (Å²) >= 11 is 6.31. The highest BCUT2D eigenvalue weighted by atomic mass is 32.2. The van der Waals surface area contributed by atoms with Gasteiger partial charge >= 0.3 is 10.1 Å². The lowest BCUT2D eigenvalue weighted by molar-refractivity contribution is -0.113. The van der Waals surface area contributed by atoms with Gasteiger partial charge in [-0.2, -0.15) is 8.42 Å². The average molecular weight is 486 g/mol. The van der Waals surface area contributed by atoms with Gasteiger partial charge in [-0.15, -0.1) is 0 Å². The van der Waals surface area contributed by atoms with Crippen LogP contribution in [0.15, 0.2) is 82.6 Å². The lowest BCUT2D eigenvalue weighted by Crippen LogP contribution is -2.28. The van der Waals surface area contributed by atoms with E-state index in [-0.39, 0.29) is 25.6 Å². The van der Waals surface area contributed by atoms with Crippen molar-refractivity contribution in [1.29, 1.82) is 0 Å². The molecule has 3 aromatic carbocycles. The number of amides is 1. The van der Waals surface area contributed by atoms with E-state index >= 15 is 0 Å². The van der Waals surface area contributed by atoms with Crippen LogP contribution in [0.1, 0.15) is 11.1 Å². The topological polar surface area (TPSA) is 63.7 Å². The first-order valence-electron chi connectivity index (χ1n) is 9.38. The van der Waals surface area contributed by atoms with Crippen molar-refractivity contribution < 1.29 is 21.8 Å². The molecule has 0 unspecified atom stereocenters. The summed E-state index contributed by atoms with van der Waals surface area (Å²) in [5.41, 5.74) is 1.55. The summed E-state index contributed by atoms with van der Waals surface area (Å²) in [5, 5.41) is 0. The van der Waals surface area contributed by atoms with E-state index < -0.39 is 21.8 Å². The second-order valence-corrected chi connectivity index (χ2v) is 10.1. The van der Waals surface area contributed by atoms with E-state index in [1.807, 2.05) is 6.92 Å². The number of para-hydroxylation sites is 1. The Morgan fingerprint density at radius 1 is 1.03 bits per heavy atom. The van der Waals surface area contributed by atoms with Crippen molar-refractivity contribution >= 4 is 56.1 Å². The van der Waals surface area contributed by atoms with Gasteiger partial charge in [-0.05, 0) is 55.0 Å². The number of anilines is 1. The molecule has 0 spiro atoms. The summed E-state index contributed by atoms with van der Waals surface area (Å²) < 4.78 is 44.7. The molecule has 1 amide bonds. The molecule has 1 aliphatic rings. The van der Waals surface area contributed by atoms with Crippen LogP contribution < -0.4 is 9.08 Å². The molecule has 1 heterocycles. The van der Waals surface area contributed by atoms with Gasteiger partial charge in [-0.25, -0.2) is 4.39 Å². The highest BCUT2D eigenvalue weighted by Crippen LogP contribution is 2.37. The number of halogens is 1. The zero-order valence-electron chi connectivity index (χ0n) is 16.7. The largest absolute Gasteiger partial charge is 0.379 e. The van der Waals surface area contributed by atoms with E-state index in [0.29, 0.717) is 5.56 Å². The molecule has 9 heteroatoms. The SMILES string of the molecule is Cc1ccc(S(=O)(=O)Oc2cccc(/C=C3\SC(=S)N(c4ccccc4F)C3=O)c2)cc1. The van der Waals surface area contributed by atoms with Crippen LogP contribution in [-0.4, -0.2) is 18.6 Å². The van der Waals surface area contributed by atoms with Crippen molar-refractivity contribution in [3.8, 4) is 5.75 Å². The Balaban J connectivity index is 1.59. The molecule has 0 radical (unpaired) electrons. The second kappa shape index (κ2) is 8.85. The molecule has 0 saturated carbocycles. The fraction of sp³-hybridized carbons (Fsp3) is 0.0435. The molecule has 3 aromatic rings. The van der Waals surface area contributed by atoms with E-state index in [4.69, 9.17) is 16.4 Å². The lowest BCUT2D eigenvalue weighted by Gasteiger charge is -2.14. The Kier molecular flexibility index (Phi) is 6.14. The number of carbonyl (C=O) groups excluding carboxylic acids is 1. The monoisotopic (exact) mass is 485 g/mol. The molecule has 1 aliphatic heterocycles. The Morgan fingerprint density at radius 3 is 2.47 bits per heavy atom. The zero-order valence-corrected chi connectivity index (χ0v) is 19.1. The molecule has 0 N–H and O–H groups in total. The molecular weight excluding hydrogens is 469 g/mol. The fourth-order valence-electron chi connectivity index (χ4n) is 3.00. The molecule has 0 bridgehead atoms. The summed E-state index contributed by atoms with van der Waals surface area (Å²) in [4.78, 5) is 14.3. The minimum atomic E-state index is -4.01. The van der Waals surface area contributed by atoms with E-state index in [2.05, 4.69) is 0 Å². The number of hydrogen-bond acceptors (Lipinski definition) is 6. The fourth-order valence-corrected chi connectivity index (χ4v) is 5.20. The number of benzene rings is 3. The maximum atomic E-state index is 14.2. The standard InChI is InChI=1S/C23H16FNO4S3/c1-15-9-11-18(12-10-15)32(27,28)29-17-6-4-5-16(13-17)14-21-22(26)25(23(30)31-21)20-8-3-2-7-19(20)24/h2-14H,1H3/b21-14-. The molecule has 1 fully saturated rings. The third-order valence-corrected chi connectivity index (χ3v) is 7.12. The van der Waals surface area contributed by atoms with Gasteiger partial charge in [0.2, 0.25) is 0 Å². The number of hydrogen-bond donors (Lipinski definition) is 0. The summed E-state index contributed by atoms with van der Waals surface area (Å²) in [6.07, 6.45) is 1.56. The third-order valence-electron chi connectivity index (χ3n) is 4.56. The summed E-state index contributed by atoms with van der Waals surface area (Å²) in [5.74, 6) is -0.908. The van der Waals surface area contributed by atoms with Crippen molar-refractivity contribution in [2.75, 3.05) is 4.90 Å². The summed E-state index contributed by atoms with van der Waals surface area (Å²) in [7, 11) is -4.01. The molecule has 162 valence electrons. The lowest BCUT2D eigenvalue weighted by atomic mass is 10.2. The maximum Gasteiger partial charge on any atom is 0.339 e. The second-order valence-electron chi connectivity index (χ2n) is 6.89.